The van der Waals surface area contributed by atoms with Gasteiger partial charge in [0.2, 0.25) is 5.95 Å². The Morgan fingerprint density at radius 1 is 1.24 bits per heavy atom. The van der Waals surface area contributed by atoms with Crippen molar-refractivity contribution in [1.82, 2.24) is 9.97 Å². The summed E-state index contributed by atoms with van der Waals surface area (Å²) in [5.74, 6) is 1.12. The van der Waals surface area contributed by atoms with Crippen molar-refractivity contribution in [1.29, 1.82) is 0 Å². The summed E-state index contributed by atoms with van der Waals surface area (Å²) in [7, 11) is 0. The number of aromatic nitrogens is 2. The minimum absolute atomic E-state index is 0.352. The summed E-state index contributed by atoms with van der Waals surface area (Å²) in [6, 6.07) is 7.18. The Hall–Kier alpha value is -2.31. The molecule has 1 N–H and O–H groups in total. The van der Waals surface area contributed by atoms with Gasteiger partial charge in [0.25, 0.3) is 0 Å². The van der Waals surface area contributed by atoms with Crippen LogP contribution in [0.5, 0.6) is 0 Å². The summed E-state index contributed by atoms with van der Waals surface area (Å²) in [6.07, 6.45) is 1.72. The van der Waals surface area contributed by atoms with Crippen molar-refractivity contribution in [3.63, 3.8) is 0 Å². The summed E-state index contributed by atoms with van der Waals surface area (Å²) >= 11 is 0. The maximum absolute atomic E-state index is 12.8. The highest BCUT2D eigenvalue weighted by atomic mass is 19.4. The average Bonchev–Trinajstić information content (AvgIpc) is 2.61. The summed E-state index contributed by atoms with van der Waals surface area (Å²) in [6.45, 7) is 3.05. The second-order valence-electron chi connectivity index (χ2n) is 6.20. The van der Waals surface area contributed by atoms with Crippen LogP contribution >= 0.6 is 0 Å². The number of nitrogens with zero attached hydrogens (tertiary/aromatic N) is 3. The maximum Gasteiger partial charge on any atom is 0.416 e. The lowest BCUT2D eigenvalue weighted by atomic mass is 10.0. The van der Waals surface area contributed by atoms with Crippen LogP contribution in [0.4, 0.5) is 30.6 Å². The van der Waals surface area contributed by atoms with Gasteiger partial charge in [-0.05, 0) is 49.9 Å². The van der Waals surface area contributed by atoms with E-state index in [0.29, 0.717) is 23.5 Å². The predicted octanol–water partition coefficient (Wildman–Crippen LogP) is 5.01. The Morgan fingerprint density at radius 3 is 2.84 bits per heavy atom. The van der Waals surface area contributed by atoms with Gasteiger partial charge >= 0.3 is 6.18 Å². The zero-order chi connectivity index (χ0) is 17.9. The zero-order valence-corrected chi connectivity index (χ0v) is 14.1. The van der Waals surface area contributed by atoms with Crippen LogP contribution in [0.3, 0.4) is 0 Å². The number of hydrogen-bond acceptors (Lipinski definition) is 4. The van der Waals surface area contributed by atoms with Gasteiger partial charge < -0.3 is 10.2 Å². The molecule has 2 heterocycles. The van der Waals surface area contributed by atoms with Gasteiger partial charge in [-0.1, -0.05) is 13.0 Å². The van der Waals surface area contributed by atoms with Crippen molar-refractivity contribution in [3.8, 4) is 0 Å². The molecule has 1 saturated heterocycles. The molecule has 1 fully saturated rings. The van der Waals surface area contributed by atoms with E-state index in [1.165, 1.54) is 12.5 Å². The quantitative estimate of drug-likeness (QED) is 0.842. The molecule has 2 aromatic rings. The first-order chi connectivity index (χ1) is 12.0. The molecule has 0 bridgehead atoms. The summed E-state index contributed by atoms with van der Waals surface area (Å²) < 4.78 is 38.5. The lowest BCUT2D eigenvalue weighted by molar-refractivity contribution is -0.137. The van der Waals surface area contributed by atoms with Gasteiger partial charge in [0.1, 0.15) is 5.82 Å². The van der Waals surface area contributed by atoms with Crippen molar-refractivity contribution < 1.29 is 13.2 Å². The normalized spacial score (nSPS) is 18.2. The molecule has 1 aromatic carbocycles. The minimum Gasteiger partial charge on any atom is -0.340 e. The molecule has 0 aliphatic carbocycles. The lowest BCUT2D eigenvalue weighted by Crippen LogP contribution is -2.40. The molecule has 0 amide bonds. The van der Waals surface area contributed by atoms with Crippen molar-refractivity contribution in [2.45, 2.75) is 44.8 Å². The van der Waals surface area contributed by atoms with Gasteiger partial charge in [0.15, 0.2) is 0 Å². The van der Waals surface area contributed by atoms with E-state index >= 15 is 0 Å². The summed E-state index contributed by atoms with van der Waals surface area (Å²) in [4.78, 5) is 11.1. The molecule has 0 saturated carbocycles. The van der Waals surface area contributed by atoms with E-state index in [-0.39, 0.29) is 0 Å². The molecule has 1 aromatic heterocycles. The van der Waals surface area contributed by atoms with Crippen LogP contribution in [0, 0.1) is 0 Å². The van der Waals surface area contributed by atoms with E-state index in [4.69, 9.17) is 0 Å². The second kappa shape index (κ2) is 7.29. The third kappa shape index (κ3) is 4.21. The van der Waals surface area contributed by atoms with Crippen molar-refractivity contribution in [2.24, 2.45) is 0 Å². The molecule has 1 aliphatic heterocycles. The molecule has 0 spiro atoms. The highest BCUT2D eigenvalue weighted by molar-refractivity contribution is 5.58. The maximum atomic E-state index is 12.8. The number of anilines is 3. The molecule has 1 atom stereocenters. The topological polar surface area (TPSA) is 41.1 Å². The molecule has 1 aliphatic rings. The number of benzene rings is 1. The van der Waals surface area contributed by atoms with Crippen LogP contribution in [-0.2, 0) is 6.18 Å². The van der Waals surface area contributed by atoms with Gasteiger partial charge in [-0.25, -0.2) is 4.98 Å². The zero-order valence-electron chi connectivity index (χ0n) is 14.1. The number of alkyl halides is 3. The fourth-order valence-corrected chi connectivity index (χ4v) is 3.17. The Labute approximate surface area is 145 Å². The van der Waals surface area contributed by atoms with Crippen LogP contribution in [0.15, 0.2) is 36.5 Å². The highest BCUT2D eigenvalue weighted by Gasteiger charge is 2.30. The summed E-state index contributed by atoms with van der Waals surface area (Å²) in [5.41, 5.74) is -0.334. The Balaban J connectivity index is 1.80. The number of piperidine rings is 1. The Bertz CT molecular complexity index is 717. The van der Waals surface area contributed by atoms with E-state index in [0.717, 1.165) is 37.9 Å². The van der Waals surface area contributed by atoms with E-state index in [2.05, 4.69) is 27.1 Å². The molecule has 134 valence electrons. The van der Waals surface area contributed by atoms with Crippen molar-refractivity contribution in [3.05, 3.63) is 42.1 Å². The fourth-order valence-electron chi connectivity index (χ4n) is 3.17. The minimum atomic E-state index is -4.36. The third-order valence-corrected chi connectivity index (χ3v) is 4.46. The van der Waals surface area contributed by atoms with Crippen LogP contribution in [0.2, 0.25) is 0 Å². The molecule has 1 unspecified atom stereocenters. The summed E-state index contributed by atoms with van der Waals surface area (Å²) in [5, 5.41) is 2.95. The van der Waals surface area contributed by atoms with E-state index < -0.39 is 11.7 Å². The predicted molar refractivity (Wildman–Crippen MR) is 92.0 cm³/mol. The molecule has 0 radical (unpaired) electrons. The smallest absolute Gasteiger partial charge is 0.340 e. The first kappa shape index (κ1) is 17.5. The van der Waals surface area contributed by atoms with Crippen LogP contribution in [-0.4, -0.2) is 22.6 Å². The van der Waals surface area contributed by atoms with Crippen molar-refractivity contribution >= 4 is 17.5 Å². The SMILES string of the molecule is CCC1CCCCN1c1nccc(Nc2cccc(C(F)(F)F)c2)n1. The molecule has 4 nitrogen and oxygen atoms in total. The standard InChI is InChI=1S/C18H21F3N4/c1-2-15-8-3-4-11-25(15)17-22-10-9-16(24-17)23-14-7-5-6-13(12-14)18(19,20)21/h5-7,9-10,12,15H,2-4,8,11H2,1H3,(H,22,23,24). The van der Waals surface area contributed by atoms with E-state index in [1.807, 2.05) is 0 Å². The van der Waals surface area contributed by atoms with Crippen LogP contribution in [0.25, 0.3) is 0 Å². The Kier molecular flexibility index (Phi) is 5.11. The first-order valence-corrected chi connectivity index (χ1v) is 8.51. The van der Waals surface area contributed by atoms with Gasteiger partial charge in [-0.15, -0.1) is 0 Å². The first-order valence-electron chi connectivity index (χ1n) is 8.51. The monoisotopic (exact) mass is 350 g/mol. The second-order valence-corrected chi connectivity index (χ2v) is 6.20. The average molecular weight is 350 g/mol. The third-order valence-electron chi connectivity index (χ3n) is 4.46. The number of nitrogens with one attached hydrogen (secondary N) is 1. The number of halogens is 3. The van der Waals surface area contributed by atoms with Gasteiger partial charge in [-0.2, -0.15) is 18.2 Å². The van der Waals surface area contributed by atoms with E-state index in [9.17, 15) is 13.2 Å². The number of hydrogen-bond donors (Lipinski definition) is 1. The molecular weight excluding hydrogens is 329 g/mol. The number of rotatable bonds is 4. The highest BCUT2D eigenvalue weighted by Crippen LogP contribution is 2.31. The molecule has 3 rings (SSSR count). The molecular formula is C18H21F3N4. The van der Waals surface area contributed by atoms with Crippen LogP contribution in [0.1, 0.15) is 38.2 Å². The molecule has 7 heteroatoms. The van der Waals surface area contributed by atoms with Crippen LogP contribution < -0.4 is 10.2 Å². The van der Waals surface area contributed by atoms with E-state index in [1.54, 1.807) is 18.3 Å². The van der Waals surface area contributed by atoms with Gasteiger partial charge in [0, 0.05) is 24.5 Å². The molecule has 25 heavy (non-hydrogen) atoms. The van der Waals surface area contributed by atoms with Gasteiger partial charge in [0.05, 0.1) is 5.56 Å². The fraction of sp³-hybridized carbons (Fsp3) is 0.444. The van der Waals surface area contributed by atoms with Gasteiger partial charge in [-0.3, -0.25) is 0 Å². The van der Waals surface area contributed by atoms with Crippen molar-refractivity contribution in [2.75, 3.05) is 16.8 Å². The largest absolute Gasteiger partial charge is 0.416 e. The lowest BCUT2D eigenvalue weighted by Gasteiger charge is -2.35. The Morgan fingerprint density at radius 2 is 2.08 bits per heavy atom.